The average molecular weight is 933 g/mol. The Morgan fingerprint density at radius 3 is 0.955 bits per heavy atom. The van der Waals surface area contributed by atoms with Gasteiger partial charge in [-0.1, -0.05) is 301 Å². The minimum Gasteiger partial charge on any atom is -0.394 e. The van der Waals surface area contributed by atoms with E-state index in [4.69, 9.17) is 0 Å². The van der Waals surface area contributed by atoms with Gasteiger partial charge in [-0.2, -0.15) is 0 Å². The van der Waals surface area contributed by atoms with Gasteiger partial charge in [-0.15, -0.1) is 0 Å². The molecule has 392 valence electrons. The van der Waals surface area contributed by atoms with Gasteiger partial charge in [-0.3, -0.25) is 4.79 Å². The van der Waals surface area contributed by atoms with Gasteiger partial charge >= 0.3 is 0 Å². The van der Waals surface area contributed by atoms with Crippen LogP contribution in [-0.2, 0) is 4.79 Å². The summed E-state index contributed by atoms with van der Waals surface area (Å²) in [5.74, 6) is -0.579. The molecule has 0 heterocycles. The number of nitrogens with one attached hydrogen (secondary N) is 1. The third-order valence-corrected chi connectivity index (χ3v) is 14.2. The molecular weight excluding hydrogens is 815 g/mol. The second-order valence-electron chi connectivity index (χ2n) is 20.7. The van der Waals surface area contributed by atoms with Gasteiger partial charge in [-0.05, 0) is 44.9 Å². The number of hydrogen-bond donors (Lipinski definition) is 5. The predicted octanol–water partition coefficient (Wildman–Crippen LogP) is 17.4. The van der Waals surface area contributed by atoms with Crippen LogP contribution in [0.4, 0.5) is 0 Å². The van der Waals surface area contributed by atoms with Gasteiger partial charge in [0.25, 0.3) is 0 Å². The normalized spacial score (nSPS) is 13.8. The lowest BCUT2D eigenvalue weighted by Gasteiger charge is -2.27. The number of unbranched alkanes of at least 4 members (excludes halogenated alkanes) is 42. The van der Waals surface area contributed by atoms with Gasteiger partial charge in [0, 0.05) is 0 Å². The molecule has 0 spiro atoms. The third kappa shape index (κ3) is 47.8. The fourth-order valence-electron chi connectivity index (χ4n) is 9.50. The molecule has 4 unspecified atom stereocenters. The lowest BCUT2D eigenvalue weighted by Crippen LogP contribution is -2.53. The smallest absolute Gasteiger partial charge is 0.249 e. The van der Waals surface area contributed by atoms with Crippen molar-refractivity contribution in [2.24, 2.45) is 0 Å². The van der Waals surface area contributed by atoms with E-state index in [9.17, 15) is 25.2 Å². The fourth-order valence-corrected chi connectivity index (χ4v) is 9.50. The number of aliphatic hydroxyl groups excluding tert-OH is 4. The highest BCUT2D eigenvalue weighted by Gasteiger charge is 2.28. The quantitative estimate of drug-likeness (QED) is 0.0308. The monoisotopic (exact) mass is 932 g/mol. The van der Waals surface area contributed by atoms with Crippen molar-refractivity contribution in [3.05, 3.63) is 24.3 Å². The van der Waals surface area contributed by atoms with Crippen LogP contribution in [0, 0.1) is 0 Å². The standard InChI is InChI=1S/C60H117NO5/c1-3-5-7-9-11-13-15-17-19-21-23-25-26-27-28-29-30-31-32-33-34-36-38-40-42-44-46-48-50-52-54-58(64)60(66)61-56(55-62)59(65)57(63)53-51-49-47-45-43-41-39-37-35-24-22-20-18-16-14-12-10-8-6-4-2/h23,25,27-28,56-59,62-65H,3-22,24,26,29-55H2,1-2H3,(H,61,66)/b25-23-,28-27-. The van der Waals surface area contributed by atoms with Crippen molar-refractivity contribution in [1.82, 2.24) is 5.32 Å². The SMILES string of the molecule is CCCCCCCCCCC/C=C\C/C=C\CCCCCCCCCCCCCCCCC(O)C(=O)NC(CO)C(O)C(O)CCCCCCCCCCCCCCCCCCCCCC. The molecular formula is C60H117NO5. The van der Waals surface area contributed by atoms with Crippen molar-refractivity contribution in [2.75, 3.05) is 6.61 Å². The van der Waals surface area contributed by atoms with Gasteiger partial charge in [0.15, 0.2) is 0 Å². The Morgan fingerprint density at radius 2 is 0.652 bits per heavy atom. The first-order chi connectivity index (χ1) is 32.5. The summed E-state index contributed by atoms with van der Waals surface area (Å²) < 4.78 is 0. The minimum atomic E-state index is -1.26. The van der Waals surface area contributed by atoms with E-state index in [0.717, 1.165) is 44.9 Å². The Balaban J connectivity index is 3.59. The van der Waals surface area contributed by atoms with E-state index in [-0.39, 0.29) is 0 Å². The number of carbonyl (C=O) groups is 1. The van der Waals surface area contributed by atoms with E-state index in [1.54, 1.807) is 0 Å². The molecule has 0 fully saturated rings. The molecule has 6 heteroatoms. The molecule has 0 bridgehead atoms. The van der Waals surface area contributed by atoms with E-state index in [0.29, 0.717) is 12.8 Å². The van der Waals surface area contributed by atoms with Crippen LogP contribution in [0.1, 0.15) is 322 Å². The zero-order valence-electron chi connectivity index (χ0n) is 44.5. The summed E-state index contributed by atoms with van der Waals surface area (Å²) in [4.78, 5) is 12.6. The summed E-state index contributed by atoms with van der Waals surface area (Å²) >= 11 is 0. The molecule has 0 rings (SSSR count). The molecule has 0 aliphatic rings. The minimum absolute atomic E-state index is 0.371. The first-order valence-corrected chi connectivity index (χ1v) is 29.7. The number of allylic oxidation sites excluding steroid dienone is 4. The Hall–Kier alpha value is -1.21. The van der Waals surface area contributed by atoms with Gasteiger partial charge < -0.3 is 25.7 Å². The van der Waals surface area contributed by atoms with Crippen molar-refractivity contribution in [2.45, 2.75) is 346 Å². The second kappa shape index (κ2) is 54.7. The van der Waals surface area contributed by atoms with Crippen LogP contribution < -0.4 is 5.32 Å². The molecule has 0 radical (unpaired) electrons. The van der Waals surface area contributed by atoms with E-state index in [1.165, 1.54) is 250 Å². The lowest BCUT2D eigenvalue weighted by molar-refractivity contribution is -0.132. The van der Waals surface area contributed by atoms with E-state index < -0.39 is 36.9 Å². The summed E-state index contributed by atoms with van der Waals surface area (Å²) in [7, 11) is 0. The number of aliphatic hydroxyl groups is 4. The van der Waals surface area contributed by atoms with Crippen molar-refractivity contribution in [3.63, 3.8) is 0 Å². The molecule has 0 aromatic heterocycles. The van der Waals surface area contributed by atoms with Crippen LogP contribution in [0.15, 0.2) is 24.3 Å². The maximum Gasteiger partial charge on any atom is 0.249 e. The summed E-state index contributed by atoms with van der Waals surface area (Å²) in [5.41, 5.74) is 0. The lowest BCUT2D eigenvalue weighted by atomic mass is 9.99. The van der Waals surface area contributed by atoms with E-state index in [1.807, 2.05) is 0 Å². The predicted molar refractivity (Wildman–Crippen MR) is 288 cm³/mol. The highest BCUT2D eigenvalue weighted by Crippen LogP contribution is 2.18. The molecule has 6 nitrogen and oxygen atoms in total. The van der Waals surface area contributed by atoms with E-state index in [2.05, 4.69) is 43.5 Å². The molecule has 4 atom stereocenters. The molecule has 0 aliphatic carbocycles. The molecule has 0 saturated carbocycles. The summed E-state index contributed by atoms with van der Waals surface area (Å²) in [6.07, 6.45) is 66.8. The highest BCUT2D eigenvalue weighted by atomic mass is 16.3. The maximum absolute atomic E-state index is 12.6. The molecule has 0 aromatic carbocycles. The zero-order valence-corrected chi connectivity index (χ0v) is 44.5. The molecule has 5 N–H and O–H groups in total. The largest absolute Gasteiger partial charge is 0.394 e. The molecule has 66 heavy (non-hydrogen) atoms. The summed E-state index contributed by atoms with van der Waals surface area (Å²) in [5, 5.41) is 44.1. The van der Waals surface area contributed by atoms with Crippen molar-refractivity contribution in [1.29, 1.82) is 0 Å². The second-order valence-corrected chi connectivity index (χ2v) is 20.7. The maximum atomic E-state index is 12.6. The molecule has 1 amide bonds. The number of carbonyl (C=O) groups excluding carboxylic acids is 1. The summed E-state index contributed by atoms with van der Waals surface area (Å²) in [6.45, 7) is 4.09. The van der Waals surface area contributed by atoms with E-state index >= 15 is 0 Å². The highest BCUT2D eigenvalue weighted by molar-refractivity contribution is 5.80. The van der Waals surface area contributed by atoms with Crippen molar-refractivity contribution in [3.8, 4) is 0 Å². The van der Waals surface area contributed by atoms with Crippen LogP contribution in [0.5, 0.6) is 0 Å². The number of amides is 1. The Labute approximate surface area is 412 Å². The first-order valence-electron chi connectivity index (χ1n) is 29.7. The number of hydrogen-bond acceptors (Lipinski definition) is 5. The third-order valence-electron chi connectivity index (χ3n) is 14.2. The van der Waals surface area contributed by atoms with Crippen LogP contribution in [-0.4, -0.2) is 57.3 Å². The molecule has 0 aliphatic heterocycles. The van der Waals surface area contributed by atoms with Gasteiger partial charge in [0.2, 0.25) is 5.91 Å². The average Bonchev–Trinajstić information content (AvgIpc) is 3.32. The zero-order chi connectivity index (χ0) is 48.1. The Morgan fingerprint density at radius 1 is 0.379 bits per heavy atom. The fraction of sp³-hybridized carbons (Fsp3) is 0.917. The molecule has 0 saturated heterocycles. The van der Waals surface area contributed by atoms with Crippen LogP contribution in [0.2, 0.25) is 0 Å². The van der Waals surface area contributed by atoms with Crippen LogP contribution in [0.25, 0.3) is 0 Å². The number of rotatable bonds is 55. The Bertz CT molecular complexity index is 1000. The topological polar surface area (TPSA) is 110 Å². The van der Waals surface area contributed by atoms with Crippen LogP contribution >= 0.6 is 0 Å². The van der Waals surface area contributed by atoms with Crippen LogP contribution in [0.3, 0.4) is 0 Å². The van der Waals surface area contributed by atoms with Gasteiger partial charge in [0.05, 0.1) is 18.8 Å². The first kappa shape index (κ1) is 64.8. The van der Waals surface area contributed by atoms with Gasteiger partial charge in [-0.25, -0.2) is 0 Å². The van der Waals surface area contributed by atoms with Crippen molar-refractivity contribution >= 4 is 5.91 Å². The molecule has 0 aromatic rings. The van der Waals surface area contributed by atoms with Gasteiger partial charge in [0.1, 0.15) is 12.2 Å². The summed E-state index contributed by atoms with van der Waals surface area (Å²) in [6, 6.07) is -0.985. The Kier molecular flexibility index (Phi) is 53.7. The van der Waals surface area contributed by atoms with Crippen molar-refractivity contribution < 1.29 is 25.2 Å².